The molecule has 0 bridgehead atoms. The van der Waals surface area contributed by atoms with Gasteiger partial charge in [0.2, 0.25) is 0 Å². The second-order valence-electron chi connectivity index (χ2n) is 5.36. The molecule has 4 rings (SSSR count). The Bertz CT molecular complexity index is 882. The van der Waals surface area contributed by atoms with Crippen molar-refractivity contribution in [1.82, 2.24) is 4.57 Å². The fourth-order valence-electron chi connectivity index (χ4n) is 2.90. The lowest BCUT2D eigenvalue weighted by molar-refractivity contribution is 0.0996. The molecule has 1 aliphatic rings. The molecule has 104 valence electrons. The molecule has 21 heavy (non-hydrogen) atoms. The smallest absolute Gasteiger partial charge is 0.258 e. The van der Waals surface area contributed by atoms with E-state index >= 15 is 0 Å². The van der Waals surface area contributed by atoms with Crippen molar-refractivity contribution in [2.24, 2.45) is 7.05 Å². The highest BCUT2D eigenvalue weighted by Crippen LogP contribution is 2.31. The summed E-state index contributed by atoms with van der Waals surface area (Å²) in [6.45, 7) is 0.636. The molecule has 0 aliphatic carbocycles. The number of amides is 1. The third-order valence-corrected chi connectivity index (χ3v) is 4.55. The maximum Gasteiger partial charge on any atom is 0.258 e. The van der Waals surface area contributed by atoms with Crippen LogP contribution in [-0.2, 0) is 13.6 Å². The highest BCUT2D eigenvalue weighted by atomic mass is 79.9. The fraction of sp³-hybridized carbons (Fsp3) is 0.118. The van der Waals surface area contributed by atoms with Gasteiger partial charge < -0.3 is 9.47 Å². The number of benzene rings is 2. The van der Waals surface area contributed by atoms with E-state index in [4.69, 9.17) is 0 Å². The second-order valence-corrected chi connectivity index (χ2v) is 6.28. The second kappa shape index (κ2) is 4.46. The monoisotopic (exact) mass is 340 g/mol. The number of aryl methyl sites for hydroxylation is 1. The number of carbonyl (C=O) groups excluding carboxylic acids is 1. The summed E-state index contributed by atoms with van der Waals surface area (Å²) in [6.07, 6.45) is 2.03. The van der Waals surface area contributed by atoms with Gasteiger partial charge in [0.25, 0.3) is 5.91 Å². The van der Waals surface area contributed by atoms with Crippen LogP contribution in [0.25, 0.3) is 10.9 Å². The molecule has 0 N–H and O–H groups in total. The number of hydrogen-bond donors (Lipinski definition) is 0. The molecule has 1 aliphatic heterocycles. The minimum atomic E-state index is 0.0693. The normalized spacial score (nSPS) is 14.0. The Kier molecular flexibility index (Phi) is 2.69. The van der Waals surface area contributed by atoms with Crippen LogP contribution < -0.4 is 4.90 Å². The summed E-state index contributed by atoms with van der Waals surface area (Å²) in [4.78, 5) is 14.4. The van der Waals surface area contributed by atoms with Gasteiger partial charge in [-0.1, -0.05) is 28.1 Å². The van der Waals surface area contributed by atoms with Crippen LogP contribution in [-0.4, -0.2) is 10.5 Å². The standard InChI is InChI=1S/C17H13BrN2O/c1-19-7-6-11-3-5-14(9-16(11)19)20-10-12-2-4-13(18)8-15(12)17(20)21/h2-9H,10H2,1H3. The van der Waals surface area contributed by atoms with Crippen LogP contribution in [0.4, 0.5) is 5.69 Å². The van der Waals surface area contributed by atoms with Crippen LogP contribution in [0.3, 0.4) is 0 Å². The van der Waals surface area contributed by atoms with Crippen molar-refractivity contribution in [3.05, 3.63) is 64.3 Å². The SMILES string of the molecule is Cn1ccc2ccc(N3Cc4ccc(Br)cc4C3=O)cc21. The van der Waals surface area contributed by atoms with Crippen molar-refractivity contribution < 1.29 is 4.79 Å². The summed E-state index contributed by atoms with van der Waals surface area (Å²) in [7, 11) is 2.02. The van der Waals surface area contributed by atoms with Crippen molar-refractivity contribution in [1.29, 1.82) is 0 Å². The quantitative estimate of drug-likeness (QED) is 0.654. The molecular weight excluding hydrogens is 328 g/mol. The van der Waals surface area contributed by atoms with Gasteiger partial charge in [0.15, 0.2) is 0 Å². The summed E-state index contributed by atoms with van der Waals surface area (Å²) in [5, 5.41) is 1.19. The maximum absolute atomic E-state index is 12.6. The molecule has 0 unspecified atom stereocenters. The van der Waals surface area contributed by atoms with Gasteiger partial charge in [-0.25, -0.2) is 0 Å². The molecule has 0 radical (unpaired) electrons. The first kappa shape index (κ1) is 12.7. The fourth-order valence-corrected chi connectivity index (χ4v) is 3.26. The van der Waals surface area contributed by atoms with Gasteiger partial charge in [-0.3, -0.25) is 4.79 Å². The summed E-state index contributed by atoms with van der Waals surface area (Å²) >= 11 is 3.43. The molecule has 3 aromatic rings. The van der Waals surface area contributed by atoms with Crippen LogP contribution in [0, 0.1) is 0 Å². The Morgan fingerprint density at radius 2 is 1.95 bits per heavy atom. The van der Waals surface area contributed by atoms with Crippen LogP contribution >= 0.6 is 15.9 Å². The van der Waals surface area contributed by atoms with Crippen molar-refractivity contribution >= 4 is 38.4 Å². The van der Waals surface area contributed by atoms with Gasteiger partial charge in [0, 0.05) is 34.5 Å². The van der Waals surface area contributed by atoms with E-state index in [9.17, 15) is 4.79 Å². The third-order valence-electron chi connectivity index (χ3n) is 4.06. The summed E-state index contributed by atoms with van der Waals surface area (Å²) in [5.74, 6) is 0.0693. The number of hydrogen-bond acceptors (Lipinski definition) is 1. The van der Waals surface area contributed by atoms with Crippen LogP contribution in [0.15, 0.2) is 53.1 Å². The topological polar surface area (TPSA) is 25.2 Å². The van der Waals surface area contributed by atoms with Crippen molar-refractivity contribution in [2.75, 3.05) is 4.90 Å². The molecule has 3 nitrogen and oxygen atoms in total. The van der Waals surface area contributed by atoms with Gasteiger partial charge in [-0.15, -0.1) is 0 Å². The zero-order valence-electron chi connectivity index (χ0n) is 11.5. The molecule has 0 atom stereocenters. The predicted octanol–water partition coefficient (Wildman–Crippen LogP) is 4.10. The summed E-state index contributed by atoms with van der Waals surface area (Å²) in [6, 6.07) is 14.1. The van der Waals surface area contributed by atoms with E-state index in [2.05, 4.69) is 38.7 Å². The zero-order valence-corrected chi connectivity index (χ0v) is 13.1. The third kappa shape index (κ3) is 1.90. The van der Waals surface area contributed by atoms with Crippen molar-refractivity contribution in [3.8, 4) is 0 Å². The highest BCUT2D eigenvalue weighted by Gasteiger charge is 2.28. The number of halogens is 1. The predicted molar refractivity (Wildman–Crippen MR) is 87.6 cm³/mol. The Balaban J connectivity index is 1.80. The first-order valence-electron chi connectivity index (χ1n) is 6.79. The summed E-state index contributed by atoms with van der Waals surface area (Å²) in [5.41, 5.74) is 3.95. The molecule has 4 heteroatoms. The molecule has 0 saturated carbocycles. The zero-order chi connectivity index (χ0) is 14.6. The number of fused-ring (bicyclic) bond motifs is 2. The molecule has 2 heterocycles. The van der Waals surface area contributed by atoms with Crippen molar-refractivity contribution in [3.63, 3.8) is 0 Å². The number of carbonyl (C=O) groups is 1. The lowest BCUT2D eigenvalue weighted by atomic mass is 10.1. The first-order valence-corrected chi connectivity index (χ1v) is 7.58. The largest absolute Gasteiger partial charge is 0.350 e. The molecular formula is C17H13BrN2O. The van der Waals surface area contributed by atoms with E-state index in [1.54, 1.807) is 0 Å². The minimum absolute atomic E-state index is 0.0693. The lowest BCUT2D eigenvalue weighted by Gasteiger charge is -2.16. The first-order chi connectivity index (χ1) is 10.1. The molecule has 0 fully saturated rings. The lowest BCUT2D eigenvalue weighted by Crippen LogP contribution is -2.22. The number of anilines is 1. The van der Waals surface area contributed by atoms with E-state index in [0.717, 1.165) is 26.8 Å². The van der Waals surface area contributed by atoms with E-state index in [1.165, 1.54) is 5.39 Å². The maximum atomic E-state index is 12.6. The molecule has 0 spiro atoms. The van der Waals surface area contributed by atoms with E-state index in [0.29, 0.717) is 6.54 Å². The average molecular weight is 341 g/mol. The van der Waals surface area contributed by atoms with E-state index in [-0.39, 0.29) is 5.91 Å². The van der Waals surface area contributed by atoms with Gasteiger partial charge in [0.05, 0.1) is 6.54 Å². The van der Waals surface area contributed by atoms with Crippen LogP contribution in [0.2, 0.25) is 0 Å². The van der Waals surface area contributed by atoms with E-state index < -0.39 is 0 Å². The van der Waals surface area contributed by atoms with Gasteiger partial charge in [0.1, 0.15) is 0 Å². The average Bonchev–Trinajstić information content (AvgIpc) is 3.01. The van der Waals surface area contributed by atoms with Gasteiger partial charge >= 0.3 is 0 Å². The highest BCUT2D eigenvalue weighted by molar-refractivity contribution is 9.10. The van der Waals surface area contributed by atoms with Crippen molar-refractivity contribution in [2.45, 2.75) is 6.54 Å². The number of rotatable bonds is 1. The Morgan fingerprint density at radius 1 is 1.10 bits per heavy atom. The Hall–Kier alpha value is -2.07. The van der Waals surface area contributed by atoms with E-state index in [1.807, 2.05) is 42.4 Å². The molecule has 0 saturated heterocycles. The molecule has 1 amide bonds. The van der Waals surface area contributed by atoms with Gasteiger partial charge in [-0.05, 0) is 41.3 Å². The molecule has 1 aromatic heterocycles. The number of aromatic nitrogens is 1. The van der Waals surface area contributed by atoms with Crippen LogP contribution in [0.5, 0.6) is 0 Å². The minimum Gasteiger partial charge on any atom is -0.350 e. The van der Waals surface area contributed by atoms with Crippen LogP contribution in [0.1, 0.15) is 15.9 Å². The molecule has 2 aromatic carbocycles. The Morgan fingerprint density at radius 3 is 2.81 bits per heavy atom. The number of nitrogens with zero attached hydrogens (tertiary/aromatic N) is 2. The Labute approximate surface area is 130 Å². The summed E-state index contributed by atoms with van der Waals surface area (Å²) < 4.78 is 3.01. The van der Waals surface area contributed by atoms with Gasteiger partial charge in [-0.2, -0.15) is 0 Å².